The minimum Gasteiger partial charge on any atom is -0.484 e. The number of rotatable bonds is 11. The Morgan fingerprint density at radius 1 is 0.971 bits per heavy atom. The van der Waals surface area contributed by atoms with Crippen LogP contribution in [0.15, 0.2) is 54.6 Å². The first kappa shape index (κ1) is 23.8. The molecule has 2 aromatic carbocycles. The van der Waals surface area contributed by atoms with Gasteiger partial charge in [-0.05, 0) is 37.1 Å². The quantitative estimate of drug-likeness (QED) is 0.441. The van der Waals surface area contributed by atoms with Crippen molar-refractivity contribution in [2.24, 2.45) is 0 Å². The second kappa shape index (κ2) is 12.2. The number of carbonyl (C=O) groups excluding carboxylic acids is 2. The fraction of sp³-hybridized carbons (Fsp3) is 0.423. The van der Waals surface area contributed by atoms with E-state index in [9.17, 15) is 9.59 Å². The molecule has 34 heavy (non-hydrogen) atoms. The highest BCUT2D eigenvalue weighted by Crippen LogP contribution is 2.18. The topological polar surface area (TPSA) is 85.7 Å². The lowest BCUT2D eigenvalue weighted by Gasteiger charge is -2.27. The third-order valence-corrected chi connectivity index (χ3v) is 5.90. The number of imidazole rings is 1. The SMILES string of the molecule is O=C(COc1ccccc1)NCCCCCc1nc2ccccc2n1CC(=O)N1CCOCC1. The molecule has 0 spiro atoms. The standard InChI is InChI=1S/C26H32N4O4/c31-25(20-34-21-9-3-1-4-10-21)27-14-8-2-5-13-24-28-22-11-6-7-12-23(22)30(24)19-26(32)29-15-17-33-18-16-29/h1,3-4,6-7,9-12H,2,5,8,13-20H2,(H,27,31). The zero-order chi connectivity index (χ0) is 23.6. The number of carbonyl (C=O) groups is 2. The fourth-order valence-corrected chi connectivity index (χ4v) is 4.07. The van der Waals surface area contributed by atoms with Crippen LogP contribution in [0.2, 0.25) is 0 Å². The van der Waals surface area contributed by atoms with Crippen LogP contribution in [-0.2, 0) is 27.3 Å². The monoisotopic (exact) mass is 464 g/mol. The van der Waals surface area contributed by atoms with E-state index in [4.69, 9.17) is 14.5 Å². The number of para-hydroxylation sites is 3. The van der Waals surface area contributed by atoms with E-state index in [1.165, 1.54) is 0 Å². The van der Waals surface area contributed by atoms with Crippen molar-refractivity contribution in [3.8, 4) is 5.75 Å². The highest BCUT2D eigenvalue weighted by molar-refractivity contribution is 5.81. The molecule has 1 aliphatic rings. The average molecular weight is 465 g/mol. The van der Waals surface area contributed by atoms with Crippen LogP contribution in [0.4, 0.5) is 0 Å². The number of ether oxygens (including phenoxy) is 2. The fourth-order valence-electron chi connectivity index (χ4n) is 4.07. The molecular weight excluding hydrogens is 432 g/mol. The summed E-state index contributed by atoms with van der Waals surface area (Å²) in [7, 11) is 0. The van der Waals surface area contributed by atoms with Gasteiger partial charge in [0.1, 0.15) is 18.1 Å². The molecular formula is C26H32N4O4. The molecule has 180 valence electrons. The van der Waals surface area contributed by atoms with Gasteiger partial charge in [0.15, 0.2) is 6.61 Å². The molecule has 1 aromatic heterocycles. The zero-order valence-electron chi connectivity index (χ0n) is 19.4. The highest BCUT2D eigenvalue weighted by Gasteiger charge is 2.20. The molecule has 0 unspecified atom stereocenters. The molecule has 8 nitrogen and oxygen atoms in total. The van der Waals surface area contributed by atoms with Gasteiger partial charge in [-0.3, -0.25) is 9.59 Å². The van der Waals surface area contributed by atoms with Crippen molar-refractivity contribution < 1.29 is 19.1 Å². The summed E-state index contributed by atoms with van der Waals surface area (Å²) in [6.45, 7) is 3.41. The van der Waals surface area contributed by atoms with Crippen LogP contribution in [0.25, 0.3) is 11.0 Å². The molecule has 3 aromatic rings. The summed E-state index contributed by atoms with van der Waals surface area (Å²) in [6, 6.07) is 17.3. The van der Waals surface area contributed by atoms with Crippen molar-refractivity contribution in [3.05, 3.63) is 60.4 Å². The Morgan fingerprint density at radius 2 is 1.74 bits per heavy atom. The summed E-state index contributed by atoms with van der Waals surface area (Å²) in [5.74, 6) is 1.61. The first-order valence-corrected chi connectivity index (χ1v) is 11.9. The second-order valence-electron chi connectivity index (χ2n) is 8.36. The molecule has 0 atom stereocenters. The molecule has 0 bridgehead atoms. The van der Waals surface area contributed by atoms with Gasteiger partial charge in [0.05, 0.1) is 24.2 Å². The summed E-state index contributed by atoms with van der Waals surface area (Å²) in [5, 5.41) is 2.90. The van der Waals surface area contributed by atoms with Crippen molar-refractivity contribution in [1.82, 2.24) is 19.8 Å². The molecule has 2 amide bonds. The minimum absolute atomic E-state index is 0.0191. The Balaban J connectivity index is 1.22. The van der Waals surface area contributed by atoms with Gasteiger partial charge in [0, 0.05) is 26.1 Å². The van der Waals surface area contributed by atoms with Crippen LogP contribution in [0.1, 0.15) is 25.1 Å². The lowest BCUT2D eigenvalue weighted by atomic mass is 10.2. The van der Waals surface area contributed by atoms with Crippen molar-refractivity contribution in [3.63, 3.8) is 0 Å². The van der Waals surface area contributed by atoms with Crippen LogP contribution in [0.5, 0.6) is 5.75 Å². The zero-order valence-corrected chi connectivity index (χ0v) is 19.4. The van der Waals surface area contributed by atoms with Crippen molar-refractivity contribution >= 4 is 22.8 Å². The maximum Gasteiger partial charge on any atom is 0.257 e. The van der Waals surface area contributed by atoms with E-state index in [1.54, 1.807) is 0 Å². The van der Waals surface area contributed by atoms with Gasteiger partial charge in [-0.25, -0.2) is 4.98 Å². The molecule has 1 fully saturated rings. The molecule has 4 rings (SSSR count). The van der Waals surface area contributed by atoms with Gasteiger partial charge in [-0.2, -0.15) is 0 Å². The summed E-state index contributed by atoms with van der Waals surface area (Å²) >= 11 is 0. The van der Waals surface area contributed by atoms with E-state index in [0.29, 0.717) is 45.1 Å². The first-order valence-electron chi connectivity index (χ1n) is 11.9. The van der Waals surface area contributed by atoms with E-state index in [0.717, 1.165) is 42.5 Å². The van der Waals surface area contributed by atoms with Crippen LogP contribution < -0.4 is 10.1 Å². The van der Waals surface area contributed by atoms with Gasteiger partial charge in [-0.1, -0.05) is 36.8 Å². The number of amides is 2. The van der Waals surface area contributed by atoms with Gasteiger partial charge >= 0.3 is 0 Å². The van der Waals surface area contributed by atoms with E-state index in [2.05, 4.69) is 9.88 Å². The lowest BCUT2D eigenvalue weighted by Crippen LogP contribution is -2.42. The Hall–Kier alpha value is -3.39. The average Bonchev–Trinajstić information content (AvgIpc) is 3.23. The summed E-state index contributed by atoms with van der Waals surface area (Å²) in [4.78, 5) is 31.5. The van der Waals surface area contributed by atoms with E-state index in [1.807, 2.05) is 59.5 Å². The molecule has 1 saturated heterocycles. The lowest BCUT2D eigenvalue weighted by molar-refractivity contribution is -0.135. The number of aromatic nitrogens is 2. The number of aryl methyl sites for hydroxylation is 1. The predicted molar refractivity (Wildman–Crippen MR) is 130 cm³/mol. The summed E-state index contributed by atoms with van der Waals surface area (Å²) in [5.41, 5.74) is 1.91. The maximum atomic E-state index is 12.9. The van der Waals surface area contributed by atoms with Crippen LogP contribution >= 0.6 is 0 Å². The van der Waals surface area contributed by atoms with Gasteiger partial charge in [-0.15, -0.1) is 0 Å². The van der Waals surface area contributed by atoms with Crippen molar-refractivity contribution in [1.29, 1.82) is 0 Å². The smallest absolute Gasteiger partial charge is 0.257 e. The largest absolute Gasteiger partial charge is 0.484 e. The molecule has 2 heterocycles. The second-order valence-corrected chi connectivity index (χ2v) is 8.36. The molecule has 0 saturated carbocycles. The van der Waals surface area contributed by atoms with E-state index in [-0.39, 0.29) is 18.4 Å². The molecule has 1 aliphatic heterocycles. The number of hydrogen-bond donors (Lipinski definition) is 1. The van der Waals surface area contributed by atoms with Crippen LogP contribution in [-0.4, -0.2) is 65.7 Å². The molecule has 1 N–H and O–H groups in total. The Morgan fingerprint density at radius 3 is 2.56 bits per heavy atom. The normalized spacial score (nSPS) is 13.7. The summed E-state index contributed by atoms with van der Waals surface area (Å²) < 4.78 is 12.9. The Labute approximate surface area is 199 Å². The number of morpholine rings is 1. The Bertz CT molecular complexity index is 1080. The number of benzene rings is 2. The number of nitrogens with zero attached hydrogens (tertiary/aromatic N) is 3. The predicted octanol–water partition coefficient (Wildman–Crippen LogP) is 2.80. The van der Waals surface area contributed by atoms with Crippen LogP contribution in [0, 0.1) is 0 Å². The van der Waals surface area contributed by atoms with Gasteiger partial charge in [0.2, 0.25) is 5.91 Å². The van der Waals surface area contributed by atoms with Gasteiger partial charge < -0.3 is 24.3 Å². The van der Waals surface area contributed by atoms with Crippen LogP contribution in [0.3, 0.4) is 0 Å². The van der Waals surface area contributed by atoms with E-state index < -0.39 is 0 Å². The number of nitrogens with one attached hydrogen (secondary N) is 1. The molecule has 0 aliphatic carbocycles. The number of fused-ring (bicyclic) bond motifs is 1. The minimum atomic E-state index is -0.118. The molecule has 8 heteroatoms. The Kier molecular flexibility index (Phi) is 8.51. The highest BCUT2D eigenvalue weighted by atomic mass is 16.5. The number of unbranched alkanes of at least 4 members (excludes halogenated alkanes) is 2. The number of hydrogen-bond acceptors (Lipinski definition) is 5. The molecule has 0 radical (unpaired) electrons. The first-order chi connectivity index (χ1) is 16.7. The maximum absolute atomic E-state index is 12.9. The van der Waals surface area contributed by atoms with E-state index >= 15 is 0 Å². The van der Waals surface area contributed by atoms with Crippen molar-refractivity contribution in [2.45, 2.75) is 32.2 Å². The third-order valence-electron chi connectivity index (χ3n) is 5.90. The van der Waals surface area contributed by atoms with Crippen molar-refractivity contribution in [2.75, 3.05) is 39.5 Å². The third kappa shape index (κ3) is 6.57. The summed E-state index contributed by atoms with van der Waals surface area (Å²) in [6.07, 6.45) is 3.56. The van der Waals surface area contributed by atoms with Gasteiger partial charge in [0.25, 0.3) is 5.91 Å².